The van der Waals surface area contributed by atoms with Gasteiger partial charge in [-0.05, 0) is 36.2 Å². The molecular formula is C21H26N4O4. The minimum absolute atomic E-state index is 0.0408. The molecule has 1 aromatic carbocycles. The highest BCUT2D eigenvalue weighted by atomic mass is 16.5. The van der Waals surface area contributed by atoms with Crippen LogP contribution >= 0.6 is 0 Å². The van der Waals surface area contributed by atoms with Gasteiger partial charge in [-0.15, -0.1) is 0 Å². The van der Waals surface area contributed by atoms with Crippen molar-refractivity contribution >= 4 is 18.1 Å². The topological polar surface area (TPSA) is 84.0 Å². The number of anilines is 1. The fourth-order valence-electron chi connectivity index (χ4n) is 3.24. The highest BCUT2D eigenvalue weighted by molar-refractivity contribution is 5.95. The number of nitrogens with zero attached hydrogens (tertiary/aromatic N) is 3. The fourth-order valence-corrected chi connectivity index (χ4v) is 3.24. The van der Waals surface area contributed by atoms with E-state index in [1.165, 1.54) is 0 Å². The Morgan fingerprint density at radius 3 is 2.55 bits per heavy atom. The predicted molar refractivity (Wildman–Crippen MR) is 110 cm³/mol. The third-order valence-electron chi connectivity index (χ3n) is 4.93. The summed E-state index contributed by atoms with van der Waals surface area (Å²) >= 11 is 0. The average Bonchev–Trinajstić information content (AvgIpc) is 2.78. The molecule has 29 heavy (non-hydrogen) atoms. The number of ether oxygens (including phenoxy) is 2. The molecule has 2 aromatic rings. The van der Waals surface area contributed by atoms with Crippen LogP contribution in [0, 0.1) is 0 Å². The van der Waals surface area contributed by atoms with Crippen molar-refractivity contribution in [1.29, 1.82) is 0 Å². The van der Waals surface area contributed by atoms with Gasteiger partial charge in [0.1, 0.15) is 5.82 Å². The van der Waals surface area contributed by atoms with Crippen LogP contribution in [0.4, 0.5) is 5.82 Å². The third kappa shape index (κ3) is 5.16. The van der Waals surface area contributed by atoms with E-state index in [4.69, 9.17) is 9.47 Å². The zero-order valence-electron chi connectivity index (χ0n) is 16.8. The van der Waals surface area contributed by atoms with E-state index >= 15 is 0 Å². The van der Waals surface area contributed by atoms with Gasteiger partial charge in [0.05, 0.1) is 14.2 Å². The summed E-state index contributed by atoms with van der Waals surface area (Å²) in [6.07, 6.45) is 3.23. The van der Waals surface area contributed by atoms with Crippen molar-refractivity contribution in [1.82, 2.24) is 14.8 Å². The fraction of sp³-hybridized carbons (Fsp3) is 0.381. The van der Waals surface area contributed by atoms with E-state index in [9.17, 15) is 9.59 Å². The van der Waals surface area contributed by atoms with E-state index < -0.39 is 0 Å². The maximum atomic E-state index is 12.7. The van der Waals surface area contributed by atoms with E-state index in [0.29, 0.717) is 55.6 Å². The number of carbonyl (C=O) groups excluding carboxylic acids is 2. The Bertz CT molecular complexity index is 850. The Balaban J connectivity index is 1.56. The number of aromatic nitrogens is 1. The highest BCUT2D eigenvalue weighted by Gasteiger charge is 2.21. The number of nitrogens with one attached hydrogen (secondary N) is 1. The van der Waals surface area contributed by atoms with Gasteiger partial charge in [-0.2, -0.15) is 0 Å². The summed E-state index contributed by atoms with van der Waals surface area (Å²) in [5.41, 5.74) is 1.70. The molecule has 0 atom stereocenters. The molecule has 0 bridgehead atoms. The summed E-state index contributed by atoms with van der Waals surface area (Å²) in [5, 5.41) is 3.27. The second kappa shape index (κ2) is 9.77. The summed E-state index contributed by atoms with van der Waals surface area (Å²) in [4.78, 5) is 31.3. The minimum Gasteiger partial charge on any atom is -0.493 e. The molecule has 8 nitrogen and oxygen atoms in total. The van der Waals surface area contributed by atoms with Crippen LogP contribution in [0.2, 0.25) is 0 Å². The maximum absolute atomic E-state index is 12.7. The third-order valence-corrected chi connectivity index (χ3v) is 4.93. The molecule has 0 unspecified atom stereocenters. The van der Waals surface area contributed by atoms with Gasteiger partial charge in [-0.3, -0.25) is 9.59 Å². The Hall–Kier alpha value is -3.29. The smallest absolute Gasteiger partial charge is 0.254 e. The van der Waals surface area contributed by atoms with E-state index in [-0.39, 0.29) is 5.91 Å². The summed E-state index contributed by atoms with van der Waals surface area (Å²) in [7, 11) is 3.23. The average molecular weight is 398 g/mol. The molecule has 0 aliphatic carbocycles. The number of hydrogen-bond donors (Lipinski definition) is 1. The monoisotopic (exact) mass is 398 g/mol. The Morgan fingerprint density at radius 1 is 1.10 bits per heavy atom. The first-order chi connectivity index (χ1) is 14.1. The maximum Gasteiger partial charge on any atom is 0.254 e. The van der Waals surface area contributed by atoms with Crippen LogP contribution in [0.3, 0.4) is 0 Å². The molecule has 1 aliphatic rings. The van der Waals surface area contributed by atoms with Crippen LogP contribution in [0.15, 0.2) is 36.5 Å². The summed E-state index contributed by atoms with van der Waals surface area (Å²) in [6, 6.07) is 9.31. The van der Waals surface area contributed by atoms with E-state index in [1.54, 1.807) is 42.3 Å². The lowest BCUT2D eigenvalue weighted by molar-refractivity contribution is -0.119. The molecule has 1 saturated heterocycles. The van der Waals surface area contributed by atoms with Gasteiger partial charge in [-0.1, -0.05) is 6.07 Å². The van der Waals surface area contributed by atoms with Crippen LogP contribution in [0.25, 0.3) is 0 Å². The van der Waals surface area contributed by atoms with Crippen molar-refractivity contribution in [3.8, 4) is 11.5 Å². The van der Waals surface area contributed by atoms with Gasteiger partial charge >= 0.3 is 0 Å². The van der Waals surface area contributed by atoms with Crippen LogP contribution < -0.4 is 14.8 Å². The molecule has 3 rings (SSSR count). The SMILES string of the molecule is COc1ccc(CCNc2cc(C(=O)N3CCN(C=O)CC3)ccn2)cc1OC. The zero-order chi connectivity index (χ0) is 20.6. The molecule has 1 aromatic heterocycles. The van der Waals surface area contributed by atoms with Gasteiger partial charge in [0, 0.05) is 44.5 Å². The Morgan fingerprint density at radius 2 is 1.86 bits per heavy atom. The molecule has 1 N–H and O–H groups in total. The lowest BCUT2D eigenvalue weighted by Crippen LogP contribution is -2.48. The number of methoxy groups -OCH3 is 2. The molecule has 154 valence electrons. The van der Waals surface area contributed by atoms with Crippen molar-refractivity contribution < 1.29 is 19.1 Å². The Labute approximate surface area is 170 Å². The Kier molecular flexibility index (Phi) is 6.89. The van der Waals surface area contributed by atoms with Crippen LogP contribution in [0.1, 0.15) is 15.9 Å². The molecule has 1 aliphatic heterocycles. The molecule has 1 fully saturated rings. The van der Waals surface area contributed by atoms with Crippen molar-refractivity contribution in [3.63, 3.8) is 0 Å². The molecule has 0 spiro atoms. The molecular weight excluding hydrogens is 372 g/mol. The molecule has 0 radical (unpaired) electrons. The largest absolute Gasteiger partial charge is 0.493 e. The second-order valence-electron chi connectivity index (χ2n) is 6.73. The van der Waals surface area contributed by atoms with Gasteiger partial charge < -0.3 is 24.6 Å². The second-order valence-corrected chi connectivity index (χ2v) is 6.73. The number of benzene rings is 1. The molecule has 2 heterocycles. The van der Waals surface area contributed by atoms with Crippen molar-refractivity contribution in [2.75, 3.05) is 52.3 Å². The number of hydrogen-bond acceptors (Lipinski definition) is 6. The zero-order valence-corrected chi connectivity index (χ0v) is 16.8. The van der Waals surface area contributed by atoms with E-state index in [2.05, 4.69) is 10.3 Å². The van der Waals surface area contributed by atoms with Crippen molar-refractivity contribution in [2.24, 2.45) is 0 Å². The predicted octanol–water partition coefficient (Wildman–Crippen LogP) is 1.67. The van der Waals surface area contributed by atoms with E-state index in [0.717, 1.165) is 18.4 Å². The normalized spacial score (nSPS) is 13.7. The van der Waals surface area contributed by atoms with Crippen molar-refractivity contribution in [2.45, 2.75) is 6.42 Å². The number of amides is 2. The van der Waals surface area contributed by atoms with Gasteiger partial charge in [0.2, 0.25) is 6.41 Å². The standard InChI is InChI=1S/C21H26N4O4/c1-28-18-4-3-16(13-19(18)29-2)5-7-22-20-14-17(6-8-23-20)21(27)25-11-9-24(15-26)10-12-25/h3-4,6,8,13-15H,5,7,9-12H2,1-2H3,(H,22,23). The minimum atomic E-state index is -0.0408. The molecule has 2 amide bonds. The van der Waals surface area contributed by atoms with Crippen LogP contribution in [0.5, 0.6) is 11.5 Å². The highest BCUT2D eigenvalue weighted by Crippen LogP contribution is 2.27. The van der Waals surface area contributed by atoms with Gasteiger partial charge in [0.15, 0.2) is 11.5 Å². The number of carbonyl (C=O) groups is 2. The van der Waals surface area contributed by atoms with Crippen LogP contribution in [-0.2, 0) is 11.2 Å². The first-order valence-corrected chi connectivity index (χ1v) is 9.54. The van der Waals surface area contributed by atoms with Gasteiger partial charge in [-0.25, -0.2) is 4.98 Å². The number of piperazine rings is 1. The number of pyridine rings is 1. The van der Waals surface area contributed by atoms with Crippen LogP contribution in [-0.4, -0.2) is 74.0 Å². The molecule has 8 heteroatoms. The first-order valence-electron chi connectivity index (χ1n) is 9.54. The quantitative estimate of drug-likeness (QED) is 0.681. The first kappa shape index (κ1) is 20.4. The lowest BCUT2D eigenvalue weighted by Gasteiger charge is -2.32. The van der Waals surface area contributed by atoms with Crippen molar-refractivity contribution in [3.05, 3.63) is 47.7 Å². The summed E-state index contributed by atoms with van der Waals surface area (Å²) < 4.78 is 10.6. The number of rotatable bonds is 8. The van der Waals surface area contributed by atoms with Gasteiger partial charge in [0.25, 0.3) is 5.91 Å². The summed E-state index contributed by atoms with van der Waals surface area (Å²) in [6.45, 7) is 2.88. The lowest BCUT2D eigenvalue weighted by atomic mass is 10.1. The molecule has 0 saturated carbocycles. The summed E-state index contributed by atoms with van der Waals surface area (Å²) in [5.74, 6) is 2.01. The van der Waals surface area contributed by atoms with E-state index in [1.807, 2.05) is 18.2 Å².